The number of nitrogens with one attached hydrogen (secondary N) is 1. The molecule has 0 atom stereocenters. The number of nitrogens with two attached hydrogens (primary N) is 1. The summed E-state index contributed by atoms with van der Waals surface area (Å²) in [6, 6.07) is 0. The minimum absolute atomic E-state index is 0.0493. The van der Waals surface area contributed by atoms with Gasteiger partial charge in [-0.25, -0.2) is 4.98 Å². The quantitative estimate of drug-likeness (QED) is 0.843. The maximum Gasteiger partial charge on any atom is 0.226 e. The first-order valence-corrected chi connectivity index (χ1v) is 7.08. The Morgan fingerprint density at radius 3 is 2.94 bits per heavy atom. The number of carbonyl (C=O) groups excluding carboxylic acids is 1. The summed E-state index contributed by atoms with van der Waals surface area (Å²) in [7, 11) is 0. The van der Waals surface area contributed by atoms with Crippen molar-refractivity contribution in [3.05, 3.63) is 11.1 Å². The molecule has 0 unspecified atom stereocenters. The lowest BCUT2D eigenvalue weighted by Crippen LogP contribution is -2.27. The van der Waals surface area contributed by atoms with E-state index in [1.807, 2.05) is 5.38 Å². The van der Waals surface area contributed by atoms with Crippen molar-refractivity contribution in [3.8, 4) is 0 Å². The first-order chi connectivity index (χ1) is 8.24. The second-order valence-electron chi connectivity index (χ2n) is 4.64. The molecular formula is C12H19N3OS. The third-order valence-corrected chi connectivity index (χ3v) is 3.98. The highest BCUT2D eigenvalue weighted by molar-refractivity contribution is 7.13. The van der Waals surface area contributed by atoms with Gasteiger partial charge in [-0.05, 0) is 12.3 Å². The van der Waals surface area contributed by atoms with E-state index in [9.17, 15) is 4.79 Å². The van der Waals surface area contributed by atoms with Crippen molar-refractivity contribution in [2.75, 3.05) is 12.3 Å². The maximum atomic E-state index is 11.6. The number of rotatable bonds is 5. The van der Waals surface area contributed by atoms with Crippen LogP contribution in [-0.2, 0) is 11.2 Å². The number of anilines is 1. The van der Waals surface area contributed by atoms with Crippen LogP contribution in [0.4, 0.5) is 5.13 Å². The normalized spacial score (nSPS) is 16.2. The van der Waals surface area contributed by atoms with Gasteiger partial charge >= 0.3 is 0 Å². The molecule has 94 valence electrons. The Morgan fingerprint density at radius 2 is 2.29 bits per heavy atom. The average Bonchev–Trinajstić information content (AvgIpc) is 2.90. The van der Waals surface area contributed by atoms with E-state index < -0.39 is 0 Å². The van der Waals surface area contributed by atoms with Crippen LogP contribution in [-0.4, -0.2) is 17.4 Å². The molecule has 1 aliphatic carbocycles. The van der Waals surface area contributed by atoms with Gasteiger partial charge in [0, 0.05) is 11.9 Å². The molecular weight excluding hydrogens is 234 g/mol. The summed E-state index contributed by atoms with van der Waals surface area (Å²) in [5.74, 6) is 0.874. The summed E-state index contributed by atoms with van der Waals surface area (Å²) in [5.41, 5.74) is 6.28. The number of thiazole rings is 1. The zero-order valence-corrected chi connectivity index (χ0v) is 10.8. The molecule has 1 amide bonds. The van der Waals surface area contributed by atoms with Crippen molar-refractivity contribution in [2.45, 2.75) is 38.5 Å². The third-order valence-electron chi connectivity index (χ3n) is 3.26. The molecule has 1 heterocycles. The van der Waals surface area contributed by atoms with E-state index in [2.05, 4.69) is 10.3 Å². The van der Waals surface area contributed by atoms with Crippen molar-refractivity contribution < 1.29 is 4.79 Å². The smallest absolute Gasteiger partial charge is 0.226 e. The van der Waals surface area contributed by atoms with Gasteiger partial charge < -0.3 is 11.1 Å². The van der Waals surface area contributed by atoms with Crippen LogP contribution >= 0.6 is 11.3 Å². The van der Waals surface area contributed by atoms with E-state index in [-0.39, 0.29) is 5.91 Å². The van der Waals surface area contributed by atoms with E-state index in [1.165, 1.54) is 37.0 Å². The van der Waals surface area contributed by atoms with Crippen molar-refractivity contribution in [1.29, 1.82) is 0 Å². The Bertz CT molecular complexity index is 372. The van der Waals surface area contributed by atoms with E-state index in [4.69, 9.17) is 5.73 Å². The van der Waals surface area contributed by atoms with Crippen LogP contribution in [0, 0.1) is 5.92 Å². The van der Waals surface area contributed by atoms with Crippen LogP contribution in [0.2, 0.25) is 0 Å². The van der Waals surface area contributed by atoms with Crippen molar-refractivity contribution in [1.82, 2.24) is 10.3 Å². The fraction of sp³-hybridized carbons (Fsp3) is 0.667. The van der Waals surface area contributed by atoms with Crippen molar-refractivity contribution >= 4 is 22.4 Å². The molecule has 1 aliphatic rings. The van der Waals surface area contributed by atoms with Crippen molar-refractivity contribution in [3.63, 3.8) is 0 Å². The van der Waals surface area contributed by atoms with Crippen molar-refractivity contribution in [2.24, 2.45) is 5.92 Å². The molecule has 0 saturated heterocycles. The number of nitrogens with zero attached hydrogens (tertiary/aromatic N) is 1. The number of hydrogen-bond acceptors (Lipinski definition) is 4. The number of aromatic nitrogens is 1. The van der Waals surface area contributed by atoms with E-state index in [0.29, 0.717) is 11.6 Å². The fourth-order valence-electron chi connectivity index (χ4n) is 2.35. The third kappa shape index (κ3) is 4.00. The number of hydrogen-bond donors (Lipinski definition) is 2. The van der Waals surface area contributed by atoms with Gasteiger partial charge in [0.25, 0.3) is 0 Å². The van der Waals surface area contributed by atoms with Crippen LogP contribution < -0.4 is 11.1 Å². The fourth-order valence-corrected chi connectivity index (χ4v) is 2.91. The summed E-state index contributed by atoms with van der Waals surface area (Å²) < 4.78 is 0. The summed E-state index contributed by atoms with van der Waals surface area (Å²) in [5, 5.41) is 5.32. The molecule has 17 heavy (non-hydrogen) atoms. The molecule has 4 nitrogen and oxygen atoms in total. The summed E-state index contributed by atoms with van der Waals surface area (Å²) in [4.78, 5) is 15.7. The van der Waals surface area contributed by atoms with Gasteiger partial charge in [0.2, 0.25) is 5.91 Å². The average molecular weight is 253 g/mol. The first kappa shape index (κ1) is 12.4. The Balaban J connectivity index is 1.63. The van der Waals surface area contributed by atoms with Crippen LogP contribution in [0.15, 0.2) is 5.38 Å². The minimum atomic E-state index is 0.0493. The molecule has 1 saturated carbocycles. The predicted octanol–water partition coefficient (Wildman–Crippen LogP) is 1.96. The highest BCUT2D eigenvalue weighted by Gasteiger charge is 2.14. The van der Waals surface area contributed by atoms with Gasteiger partial charge in [-0.2, -0.15) is 0 Å². The zero-order chi connectivity index (χ0) is 12.1. The molecule has 0 aromatic carbocycles. The molecule has 5 heteroatoms. The van der Waals surface area contributed by atoms with Crippen LogP contribution in [0.3, 0.4) is 0 Å². The topological polar surface area (TPSA) is 68.0 Å². The lowest BCUT2D eigenvalue weighted by atomic mass is 10.0. The van der Waals surface area contributed by atoms with Gasteiger partial charge in [0.15, 0.2) is 5.13 Å². The molecule has 0 spiro atoms. The van der Waals surface area contributed by atoms with Gasteiger partial charge in [0.05, 0.1) is 12.1 Å². The highest BCUT2D eigenvalue weighted by atomic mass is 32.1. The van der Waals surface area contributed by atoms with Crippen LogP contribution in [0.1, 0.15) is 37.8 Å². The summed E-state index contributed by atoms with van der Waals surface area (Å²) >= 11 is 1.38. The lowest BCUT2D eigenvalue weighted by Gasteiger charge is -2.09. The van der Waals surface area contributed by atoms with E-state index in [0.717, 1.165) is 24.6 Å². The Morgan fingerprint density at radius 1 is 1.53 bits per heavy atom. The predicted molar refractivity (Wildman–Crippen MR) is 69.8 cm³/mol. The summed E-state index contributed by atoms with van der Waals surface area (Å²) in [6.45, 7) is 0.795. The highest BCUT2D eigenvalue weighted by Crippen LogP contribution is 2.26. The molecule has 1 fully saturated rings. The number of carbonyl (C=O) groups is 1. The molecule has 0 bridgehead atoms. The molecule has 0 radical (unpaired) electrons. The Kier molecular flexibility index (Phi) is 4.36. The van der Waals surface area contributed by atoms with E-state index >= 15 is 0 Å². The largest absolute Gasteiger partial charge is 0.375 e. The first-order valence-electron chi connectivity index (χ1n) is 6.20. The van der Waals surface area contributed by atoms with Crippen LogP contribution in [0.25, 0.3) is 0 Å². The zero-order valence-electron chi connectivity index (χ0n) is 9.95. The van der Waals surface area contributed by atoms with Gasteiger partial charge in [-0.1, -0.05) is 25.7 Å². The molecule has 1 aromatic rings. The standard InChI is InChI=1S/C12H19N3OS/c13-12-15-10(8-17-12)7-11(16)14-6-5-9-3-1-2-4-9/h8-9H,1-7H2,(H2,13,15)(H,14,16). The monoisotopic (exact) mass is 253 g/mol. The summed E-state index contributed by atoms with van der Waals surface area (Å²) in [6.07, 6.45) is 6.84. The minimum Gasteiger partial charge on any atom is -0.375 e. The molecule has 0 aliphatic heterocycles. The van der Waals surface area contributed by atoms with Gasteiger partial charge in [-0.3, -0.25) is 4.79 Å². The second-order valence-corrected chi connectivity index (χ2v) is 5.53. The van der Waals surface area contributed by atoms with Crippen LogP contribution in [0.5, 0.6) is 0 Å². The number of amides is 1. The second kappa shape index (κ2) is 6.00. The molecule has 3 N–H and O–H groups in total. The Labute approximate surface area is 106 Å². The SMILES string of the molecule is Nc1nc(CC(=O)NCCC2CCCC2)cs1. The molecule has 2 rings (SSSR count). The van der Waals surface area contributed by atoms with E-state index in [1.54, 1.807) is 0 Å². The Hall–Kier alpha value is -1.10. The lowest BCUT2D eigenvalue weighted by molar-refractivity contribution is -0.120. The number of nitrogen functional groups attached to an aromatic ring is 1. The molecule has 1 aromatic heterocycles. The maximum absolute atomic E-state index is 11.6. The van der Waals surface area contributed by atoms with Gasteiger partial charge in [0.1, 0.15) is 0 Å². The van der Waals surface area contributed by atoms with Gasteiger partial charge in [-0.15, -0.1) is 11.3 Å².